The normalized spacial score (nSPS) is 12.2. The number of aryl methyl sites for hydroxylation is 2. The predicted octanol–water partition coefficient (Wildman–Crippen LogP) is 2.00. The van der Waals surface area contributed by atoms with Crippen LogP contribution in [-0.4, -0.2) is 26.2 Å². The molecule has 3 heteroatoms. The van der Waals surface area contributed by atoms with Crippen LogP contribution < -0.4 is 5.32 Å². The third-order valence-corrected chi connectivity index (χ3v) is 3.01. The molecule has 3 nitrogen and oxygen atoms in total. The molecule has 94 valence electrons. The summed E-state index contributed by atoms with van der Waals surface area (Å²) < 4.78 is 4.69. The average Bonchev–Trinajstić information content (AvgIpc) is 2.31. The lowest BCUT2D eigenvalue weighted by atomic mass is 9.98. The summed E-state index contributed by atoms with van der Waals surface area (Å²) in [5.74, 6) is -0.172. The molecule has 0 saturated heterocycles. The first-order chi connectivity index (χ1) is 8.06. The highest BCUT2D eigenvalue weighted by Crippen LogP contribution is 2.14. The summed E-state index contributed by atoms with van der Waals surface area (Å²) in [5.41, 5.74) is 3.81. The summed E-state index contributed by atoms with van der Waals surface area (Å²) in [4.78, 5) is 11.2. The van der Waals surface area contributed by atoms with E-state index in [0.717, 1.165) is 6.42 Å². The van der Waals surface area contributed by atoms with Crippen LogP contribution in [0.15, 0.2) is 18.2 Å². The Balaban J connectivity index is 2.70. The van der Waals surface area contributed by atoms with E-state index in [2.05, 4.69) is 37.4 Å². The fourth-order valence-electron chi connectivity index (χ4n) is 1.90. The first-order valence-corrected chi connectivity index (χ1v) is 5.87. The molecule has 0 spiro atoms. The number of esters is 1. The number of methoxy groups -OCH3 is 1. The number of benzene rings is 1. The fraction of sp³-hybridized carbons (Fsp3) is 0.500. The summed E-state index contributed by atoms with van der Waals surface area (Å²) in [5, 5.41) is 3.16. The number of carbonyl (C=O) groups is 1. The molecule has 1 aromatic carbocycles. The zero-order chi connectivity index (χ0) is 12.8. The van der Waals surface area contributed by atoms with Gasteiger partial charge in [-0.25, -0.2) is 0 Å². The molecule has 1 aromatic rings. The molecule has 0 aliphatic rings. The minimum Gasteiger partial charge on any atom is -0.469 e. The lowest BCUT2D eigenvalue weighted by Gasteiger charge is -2.16. The first-order valence-electron chi connectivity index (χ1n) is 5.87. The van der Waals surface area contributed by atoms with Gasteiger partial charge in [0, 0.05) is 6.04 Å². The van der Waals surface area contributed by atoms with Crippen molar-refractivity contribution in [2.24, 2.45) is 0 Å². The highest BCUT2D eigenvalue weighted by molar-refractivity contribution is 5.70. The number of likely N-dealkylation sites (N-methyl/N-ethyl adjacent to an activating group) is 1. The van der Waals surface area contributed by atoms with Gasteiger partial charge in [-0.3, -0.25) is 4.79 Å². The number of hydrogen-bond donors (Lipinski definition) is 1. The highest BCUT2D eigenvalue weighted by Gasteiger charge is 2.13. The second kappa shape index (κ2) is 6.40. The Kier molecular flexibility index (Phi) is 5.16. The summed E-state index contributed by atoms with van der Waals surface area (Å²) in [7, 11) is 3.29. The summed E-state index contributed by atoms with van der Waals surface area (Å²) in [6, 6.07) is 6.53. The van der Waals surface area contributed by atoms with Crippen LogP contribution in [0.3, 0.4) is 0 Å². The van der Waals surface area contributed by atoms with Gasteiger partial charge in [0.25, 0.3) is 0 Å². The van der Waals surface area contributed by atoms with Crippen LogP contribution in [0.4, 0.5) is 0 Å². The number of carbonyl (C=O) groups excluding carboxylic acids is 1. The van der Waals surface area contributed by atoms with E-state index in [9.17, 15) is 4.79 Å². The van der Waals surface area contributed by atoms with Gasteiger partial charge >= 0.3 is 5.97 Å². The zero-order valence-corrected chi connectivity index (χ0v) is 11.0. The van der Waals surface area contributed by atoms with Crippen LogP contribution in [0.2, 0.25) is 0 Å². The molecule has 0 bridgehead atoms. The van der Waals surface area contributed by atoms with Crippen LogP contribution in [0.25, 0.3) is 0 Å². The number of ether oxygens (including phenoxy) is 1. The van der Waals surface area contributed by atoms with Crippen molar-refractivity contribution in [3.8, 4) is 0 Å². The van der Waals surface area contributed by atoms with Gasteiger partial charge in [0.2, 0.25) is 0 Å². The molecule has 0 heterocycles. The molecule has 0 radical (unpaired) electrons. The minimum absolute atomic E-state index is 0.129. The topological polar surface area (TPSA) is 38.3 Å². The molecule has 0 aromatic heterocycles. The van der Waals surface area contributed by atoms with Crippen molar-refractivity contribution >= 4 is 5.97 Å². The number of hydrogen-bond acceptors (Lipinski definition) is 3. The molecular weight excluding hydrogens is 214 g/mol. The van der Waals surface area contributed by atoms with Gasteiger partial charge in [-0.15, -0.1) is 0 Å². The number of rotatable bonds is 5. The summed E-state index contributed by atoms with van der Waals surface area (Å²) in [6.07, 6.45) is 1.25. The third-order valence-electron chi connectivity index (χ3n) is 3.01. The third kappa shape index (κ3) is 4.19. The Morgan fingerprint density at radius 3 is 2.65 bits per heavy atom. The Morgan fingerprint density at radius 2 is 2.12 bits per heavy atom. The zero-order valence-electron chi connectivity index (χ0n) is 11.0. The first kappa shape index (κ1) is 13.7. The quantitative estimate of drug-likeness (QED) is 0.793. The Morgan fingerprint density at radius 1 is 1.41 bits per heavy atom. The second-order valence-corrected chi connectivity index (χ2v) is 4.40. The van der Waals surface area contributed by atoms with Crippen molar-refractivity contribution in [3.63, 3.8) is 0 Å². The largest absolute Gasteiger partial charge is 0.469 e. The van der Waals surface area contributed by atoms with Crippen molar-refractivity contribution in [1.29, 1.82) is 0 Å². The molecule has 1 rings (SSSR count). The molecular formula is C14H21NO2. The van der Waals surface area contributed by atoms with E-state index in [1.807, 2.05) is 7.05 Å². The van der Waals surface area contributed by atoms with Gasteiger partial charge < -0.3 is 10.1 Å². The Bertz CT molecular complexity index is 388. The van der Waals surface area contributed by atoms with Crippen molar-refractivity contribution < 1.29 is 9.53 Å². The molecule has 0 aliphatic carbocycles. The summed E-state index contributed by atoms with van der Waals surface area (Å²) >= 11 is 0. The maximum Gasteiger partial charge on any atom is 0.307 e. The molecule has 0 aliphatic heterocycles. The second-order valence-electron chi connectivity index (χ2n) is 4.40. The van der Waals surface area contributed by atoms with Crippen LogP contribution in [0, 0.1) is 13.8 Å². The fourth-order valence-corrected chi connectivity index (χ4v) is 1.90. The van der Waals surface area contributed by atoms with Gasteiger partial charge in [0.05, 0.1) is 13.5 Å². The van der Waals surface area contributed by atoms with E-state index >= 15 is 0 Å². The van der Waals surface area contributed by atoms with Crippen molar-refractivity contribution in [2.75, 3.05) is 14.2 Å². The molecule has 1 N–H and O–H groups in total. The van der Waals surface area contributed by atoms with Gasteiger partial charge in [0.15, 0.2) is 0 Å². The van der Waals surface area contributed by atoms with Crippen molar-refractivity contribution in [2.45, 2.75) is 32.7 Å². The van der Waals surface area contributed by atoms with Crippen molar-refractivity contribution in [1.82, 2.24) is 5.32 Å². The van der Waals surface area contributed by atoms with Crippen molar-refractivity contribution in [3.05, 3.63) is 34.9 Å². The highest BCUT2D eigenvalue weighted by atomic mass is 16.5. The monoisotopic (exact) mass is 235 g/mol. The maximum atomic E-state index is 11.2. The van der Waals surface area contributed by atoms with E-state index in [-0.39, 0.29) is 12.0 Å². The lowest BCUT2D eigenvalue weighted by Crippen LogP contribution is -2.30. The van der Waals surface area contributed by atoms with Gasteiger partial charge in [-0.2, -0.15) is 0 Å². The van der Waals surface area contributed by atoms with Crippen LogP contribution in [0.5, 0.6) is 0 Å². The summed E-state index contributed by atoms with van der Waals surface area (Å²) in [6.45, 7) is 4.19. The molecule has 0 saturated carbocycles. The van der Waals surface area contributed by atoms with Gasteiger partial charge in [-0.1, -0.05) is 23.8 Å². The van der Waals surface area contributed by atoms with E-state index < -0.39 is 0 Å². The predicted molar refractivity (Wildman–Crippen MR) is 69.1 cm³/mol. The van der Waals surface area contributed by atoms with E-state index in [4.69, 9.17) is 4.74 Å². The minimum atomic E-state index is -0.172. The molecule has 17 heavy (non-hydrogen) atoms. The molecule has 1 atom stereocenters. The number of nitrogens with one attached hydrogen (secondary N) is 1. The molecule has 1 unspecified atom stereocenters. The molecule has 0 amide bonds. The standard InChI is InChI=1S/C14H21NO2/c1-10-5-6-12(11(2)7-10)8-13(15-3)9-14(16)17-4/h5-7,13,15H,8-9H2,1-4H3. The SMILES string of the molecule is CNC(CC(=O)OC)Cc1ccc(C)cc1C. The van der Waals surface area contributed by atoms with E-state index in [1.54, 1.807) is 0 Å². The van der Waals surface area contributed by atoms with Gasteiger partial charge in [-0.05, 0) is 38.4 Å². The average molecular weight is 235 g/mol. The molecule has 0 fully saturated rings. The van der Waals surface area contributed by atoms with Crippen LogP contribution >= 0.6 is 0 Å². The van der Waals surface area contributed by atoms with Gasteiger partial charge in [0.1, 0.15) is 0 Å². The maximum absolute atomic E-state index is 11.2. The van der Waals surface area contributed by atoms with E-state index in [0.29, 0.717) is 6.42 Å². The Hall–Kier alpha value is -1.35. The smallest absolute Gasteiger partial charge is 0.307 e. The van der Waals surface area contributed by atoms with Crippen LogP contribution in [0.1, 0.15) is 23.1 Å². The van der Waals surface area contributed by atoms with Crippen LogP contribution in [-0.2, 0) is 16.0 Å². The Labute approximate surface area is 103 Å². The van der Waals surface area contributed by atoms with E-state index in [1.165, 1.54) is 23.8 Å². The lowest BCUT2D eigenvalue weighted by molar-refractivity contribution is -0.141.